The number of hydrogen-bond donors (Lipinski definition) is 1. The van der Waals surface area contributed by atoms with Crippen LogP contribution < -0.4 is 4.72 Å². The number of nitrogens with one attached hydrogen (secondary N) is 1. The van der Waals surface area contributed by atoms with Crippen molar-refractivity contribution < 1.29 is 8.42 Å². The molecule has 0 spiro atoms. The summed E-state index contributed by atoms with van der Waals surface area (Å²) in [4.78, 5) is 2.31. The highest BCUT2D eigenvalue weighted by molar-refractivity contribution is 7.87. The first-order valence-electron chi connectivity index (χ1n) is 6.64. The van der Waals surface area contributed by atoms with Crippen LogP contribution in [0.1, 0.15) is 24.6 Å². The lowest BCUT2D eigenvalue weighted by molar-refractivity contribution is 0.197. The van der Waals surface area contributed by atoms with Gasteiger partial charge in [0, 0.05) is 26.2 Å². The van der Waals surface area contributed by atoms with Gasteiger partial charge in [0.25, 0.3) is 10.2 Å². The molecular weight excluding hydrogens is 262 g/mol. The van der Waals surface area contributed by atoms with E-state index in [0.29, 0.717) is 12.6 Å². The van der Waals surface area contributed by atoms with Gasteiger partial charge in [0.2, 0.25) is 0 Å². The quantitative estimate of drug-likeness (QED) is 0.897. The van der Waals surface area contributed by atoms with Crippen LogP contribution in [0.25, 0.3) is 0 Å². The van der Waals surface area contributed by atoms with Crippen LogP contribution in [0, 0.1) is 0 Å². The molecule has 5 nitrogen and oxygen atoms in total. The van der Waals surface area contributed by atoms with E-state index in [1.165, 1.54) is 7.05 Å². The second kappa shape index (κ2) is 4.86. The predicted octanol–water partition coefficient (Wildman–Crippen LogP) is 0.929. The second-order valence-electron chi connectivity index (χ2n) is 5.10. The second-order valence-corrected chi connectivity index (χ2v) is 6.92. The van der Waals surface area contributed by atoms with Crippen LogP contribution in [0.3, 0.4) is 0 Å². The Balaban J connectivity index is 2.01. The van der Waals surface area contributed by atoms with Gasteiger partial charge in [-0.3, -0.25) is 4.90 Å². The molecule has 2 fully saturated rings. The largest absolute Gasteiger partial charge is 0.280 e. The molecule has 2 aliphatic rings. The van der Waals surface area contributed by atoms with E-state index in [1.54, 1.807) is 4.31 Å². The van der Waals surface area contributed by atoms with Crippen molar-refractivity contribution in [1.82, 2.24) is 13.9 Å². The molecule has 2 unspecified atom stereocenters. The van der Waals surface area contributed by atoms with Gasteiger partial charge in [0.15, 0.2) is 0 Å². The lowest BCUT2D eigenvalue weighted by Gasteiger charge is -2.28. The fraction of sp³-hybridized carbons (Fsp3) is 0.538. The van der Waals surface area contributed by atoms with E-state index in [1.807, 2.05) is 30.3 Å². The van der Waals surface area contributed by atoms with Crippen molar-refractivity contribution in [1.29, 1.82) is 0 Å². The molecule has 0 radical (unpaired) electrons. The standard InChI is InChI=1S/C13H19N3O2S/c1-14-19(17,18)16-10-12-8-5-9-15(12)13(16)11-6-3-2-4-7-11/h2-4,6-7,12-14H,5,8-10H2,1H3. The van der Waals surface area contributed by atoms with Crippen LogP contribution in [0.5, 0.6) is 0 Å². The number of benzene rings is 1. The first-order chi connectivity index (χ1) is 9.13. The average molecular weight is 281 g/mol. The van der Waals surface area contributed by atoms with E-state index in [-0.39, 0.29) is 6.17 Å². The smallest absolute Gasteiger partial charge is 0.279 e. The third kappa shape index (κ3) is 2.18. The minimum Gasteiger partial charge on any atom is -0.279 e. The highest BCUT2D eigenvalue weighted by atomic mass is 32.2. The molecule has 104 valence electrons. The van der Waals surface area contributed by atoms with Crippen LogP contribution >= 0.6 is 0 Å². The van der Waals surface area contributed by atoms with Gasteiger partial charge in [0.05, 0.1) is 0 Å². The molecule has 19 heavy (non-hydrogen) atoms. The molecule has 1 N–H and O–H groups in total. The van der Waals surface area contributed by atoms with E-state index in [2.05, 4.69) is 9.62 Å². The summed E-state index contributed by atoms with van der Waals surface area (Å²) in [6.07, 6.45) is 2.08. The van der Waals surface area contributed by atoms with Gasteiger partial charge in [-0.05, 0) is 18.4 Å². The SMILES string of the molecule is CNS(=O)(=O)N1CC2CCCN2C1c1ccccc1. The summed E-state index contributed by atoms with van der Waals surface area (Å²) in [5, 5.41) is 0. The topological polar surface area (TPSA) is 52.7 Å². The Morgan fingerprint density at radius 3 is 2.68 bits per heavy atom. The van der Waals surface area contributed by atoms with Gasteiger partial charge in [-0.25, -0.2) is 4.72 Å². The zero-order valence-electron chi connectivity index (χ0n) is 11.0. The summed E-state index contributed by atoms with van der Waals surface area (Å²) in [6.45, 7) is 1.56. The maximum Gasteiger partial charge on any atom is 0.280 e. The van der Waals surface area contributed by atoms with Crippen LogP contribution in [-0.4, -0.2) is 43.8 Å². The molecule has 0 saturated carbocycles. The van der Waals surface area contributed by atoms with E-state index in [9.17, 15) is 8.42 Å². The fourth-order valence-electron chi connectivity index (χ4n) is 3.18. The minimum absolute atomic E-state index is 0.161. The molecule has 2 aliphatic heterocycles. The molecule has 6 heteroatoms. The highest BCUT2D eigenvalue weighted by Gasteiger charge is 2.47. The molecule has 0 amide bonds. The van der Waals surface area contributed by atoms with Crippen molar-refractivity contribution in [2.45, 2.75) is 25.0 Å². The molecule has 2 saturated heterocycles. The van der Waals surface area contributed by atoms with Crippen molar-refractivity contribution in [2.75, 3.05) is 20.1 Å². The van der Waals surface area contributed by atoms with Crippen molar-refractivity contribution in [2.24, 2.45) is 0 Å². The van der Waals surface area contributed by atoms with Gasteiger partial charge >= 0.3 is 0 Å². The van der Waals surface area contributed by atoms with E-state index < -0.39 is 10.2 Å². The zero-order valence-corrected chi connectivity index (χ0v) is 11.8. The van der Waals surface area contributed by atoms with Crippen LogP contribution in [-0.2, 0) is 10.2 Å². The molecule has 0 aromatic heterocycles. The zero-order chi connectivity index (χ0) is 13.5. The Bertz CT molecular complexity index is 546. The Morgan fingerprint density at radius 1 is 1.26 bits per heavy atom. The number of hydrogen-bond acceptors (Lipinski definition) is 3. The Labute approximate surface area is 114 Å². The van der Waals surface area contributed by atoms with Gasteiger partial charge in [0.1, 0.15) is 6.17 Å². The lowest BCUT2D eigenvalue weighted by Crippen LogP contribution is -2.41. The van der Waals surface area contributed by atoms with Crippen LogP contribution in [0.15, 0.2) is 30.3 Å². The van der Waals surface area contributed by atoms with Crippen LogP contribution in [0.2, 0.25) is 0 Å². The van der Waals surface area contributed by atoms with Gasteiger partial charge < -0.3 is 0 Å². The molecule has 2 heterocycles. The normalized spacial score (nSPS) is 28.7. The van der Waals surface area contributed by atoms with Gasteiger partial charge in [-0.2, -0.15) is 12.7 Å². The van der Waals surface area contributed by atoms with Crippen LogP contribution in [0.4, 0.5) is 0 Å². The lowest BCUT2D eigenvalue weighted by atomic mass is 10.1. The Morgan fingerprint density at radius 2 is 2.00 bits per heavy atom. The predicted molar refractivity (Wildman–Crippen MR) is 73.6 cm³/mol. The molecule has 1 aromatic carbocycles. The van der Waals surface area contributed by atoms with Crippen molar-refractivity contribution in [3.63, 3.8) is 0 Å². The van der Waals surface area contributed by atoms with E-state index in [0.717, 1.165) is 24.9 Å². The number of nitrogens with zero attached hydrogens (tertiary/aromatic N) is 2. The number of rotatable bonds is 3. The average Bonchev–Trinajstić information content (AvgIpc) is 2.99. The summed E-state index contributed by atoms with van der Waals surface area (Å²) < 4.78 is 28.4. The molecule has 0 bridgehead atoms. The summed E-state index contributed by atoms with van der Waals surface area (Å²) in [6, 6.07) is 10.2. The highest BCUT2D eigenvalue weighted by Crippen LogP contribution is 2.39. The van der Waals surface area contributed by atoms with Gasteiger partial charge in [-0.1, -0.05) is 30.3 Å². The van der Waals surface area contributed by atoms with E-state index in [4.69, 9.17) is 0 Å². The molecule has 0 aliphatic carbocycles. The van der Waals surface area contributed by atoms with Crippen molar-refractivity contribution in [3.05, 3.63) is 35.9 Å². The molecule has 2 atom stereocenters. The summed E-state index contributed by atoms with van der Waals surface area (Å²) in [5.74, 6) is 0. The van der Waals surface area contributed by atoms with Crippen molar-refractivity contribution >= 4 is 10.2 Å². The first-order valence-corrected chi connectivity index (χ1v) is 8.08. The maximum atomic E-state index is 12.2. The molecule has 1 aromatic rings. The third-order valence-corrected chi connectivity index (χ3v) is 5.55. The summed E-state index contributed by atoms with van der Waals surface area (Å²) >= 11 is 0. The molecular formula is C13H19N3O2S. The molecule has 3 rings (SSSR count). The first kappa shape index (κ1) is 13.1. The minimum atomic E-state index is -3.40. The fourth-order valence-corrected chi connectivity index (χ4v) is 4.29. The van der Waals surface area contributed by atoms with Crippen molar-refractivity contribution in [3.8, 4) is 0 Å². The third-order valence-electron chi connectivity index (χ3n) is 4.06. The van der Waals surface area contributed by atoms with E-state index >= 15 is 0 Å². The Kier molecular flexibility index (Phi) is 3.34. The maximum absolute atomic E-state index is 12.2. The Hall–Kier alpha value is -0.950. The monoisotopic (exact) mass is 281 g/mol. The summed E-state index contributed by atoms with van der Waals surface area (Å²) in [7, 11) is -1.92. The van der Waals surface area contributed by atoms with Gasteiger partial charge in [-0.15, -0.1) is 0 Å². The summed E-state index contributed by atoms with van der Waals surface area (Å²) in [5.41, 5.74) is 1.05. The number of fused-ring (bicyclic) bond motifs is 1.